The number of carbonyl (C=O) groups excluding carboxylic acids is 1. The van der Waals surface area contributed by atoms with Crippen molar-refractivity contribution in [2.75, 3.05) is 13.1 Å². The monoisotopic (exact) mass is 328 g/mol. The fourth-order valence-electron chi connectivity index (χ4n) is 3.08. The topological polar surface area (TPSA) is 32.3 Å². The number of carbonyl (C=O) groups is 1. The smallest absolute Gasteiger partial charge is 0.224 e. The van der Waals surface area contributed by atoms with E-state index in [2.05, 4.69) is 48.3 Å². The molecule has 0 unspecified atom stereocenters. The summed E-state index contributed by atoms with van der Waals surface area (Å²) < 4.78 is 0. The summed E-state index contributed by atoms with van der Waals surface area (Å²) in [6.45, 7) is 7.11. The Morgan fingerprint density at radius 3 is 2.78 bits per heavy atom. The van der Waals surface area contributed by atoms with E-state index in [1.165, 1.54) is 11.1 Å². The highest BCUT2D eigenvalue weighted by molar-refractivity contribution is 7.07. The quantitative estimate of drug-likeness (QED) is 0.914. The van der Waals surface area contributed by atoms with Crippen LogP contribution in [0.5, 0.6) is 0 Å². The second-order valence-electron chi connectivity index (χ2n) is 6.84. The van der Waals surface area contributed by atoms with Gasteiger partial charge in [0.25, 0.3) is 0 Å². The van der Waals surface area contributed by atoms with Crippen molar-refractivity contribution in [2.45, 2.75) is 38.8 Å². The van der Waals surface area contributed by atoms with Gasteiger partial charge in [-0.25, -0.2) is 0 Å². The summed E-state index contributed by atoms with van der Waals surface area (Å²) in [5, 5.41) is 7.15. The summed E-state index contributed by atoms with van der Waals surface area (Å²) in [7, 11) is 0. The fraction of sp³-hybridized carbons (Fsp3) is 0.421. The second kappa shape index (κ2) is 6.85. The summed E-state index contributed by atoms with van der Waals surface area (Å²) in [5.74, 6) is 0.105. The zero-order valence-corrected chi connectivity index (χ0v) is 14.7. The van der Waals surface area contributed by atoms with E-state index >= 15 is 0 Å². The molecule has 0 radical (unpaired) electrons. The van der Waals surface area contributed by atoms with E-state index in [4.69, 9.17) is 0 Å². The first kappa shape index (κ1) is 16.2. The number of benzene rings is 1. The minimum absolute atomic E-state index is 0.0438. The molecule has 3 nitrogen and oxygen atoms in total. The molecule has 0 spiro atoms. The number of hydrogen-bond acceptors (Lipinski definition) is 3. The van der Waals surface area contributed by atoms with Crippen LogP contribution in [-0.2, 0) is 24.2 Å². The molecule has 122 valence electrons. The number of thiophene rings is 1. The summed E-state index contributed by atoms with van der Waals surface area (Å²) in [6.07, 6.45) is 1.56. The molecule has 2 heterocycles. The Balaban J connectivity index is 1.56. The molecular weight excluding hydrogens is 304 g/mol. The van der Waals surface area contributed by atoms with Crippen LogP contribution in [0.3, 0.4) is 0 Å². The molecule has 1 aliphatic rings. The molecule has 0 saturated carbocycles. The lowest BCUT2D eigenvalue weighted by atomic mass is 9.94. The molecule has 1 aromatic carbocycles. The van der Waals surface area contributed by atoms with Gasteiger partial charge in [0.15, 0.2) is 0 Å². The van der Waals surface area contributed by atoms with Crippen molar-refractivity contribution in [1.82, 2.24) is 10.2 Å². The van der Waals surface area contributed by atoms with E-state index in [-0.39, 0.29) is 11.4 Å². The van der Waals surface area contributed by atoms with Crippen LogP contribution in [0.15, 0.2) is 41.1 Å². The lowest BCUT2D eigenvalue weighted by molar-refractivity contribution is -0.121. The number of rotatable bonds is 5. The van der Waals surface area contributed by atoms with Gasteiger partial charge >= 0.3 is 0 Å². The number of nitrogens with one attached hydrogen (secondary N) is 1. The molecule has 23 heavy (non-hydrogen) atoms. The van der Waals surface area contributed by atoms with Crippen LogP contribution in [0.4, 0.5) is 0 Å². The van der Waals surface area contributed by atoms with Gasteiger partial charge in [-0.1, -0.05) is 24.3 Å². The Morgan fingerprint density at radius 1 is 1.26 bits per heavy atom. The molecular formula is C19H24N2OS. The van der Waals surface area contributed by atoms with E-state index in [0.29, 0.717) is 13.0 Å². The van der Waals surface area contributed by atoms with Crippen molar-refractivity contribution >= 4 is 17.2 Å². The summed E-state index contributed by atoms with van der Waals surface area (Å²) in [5.41, 5.74) is 3.92. The van der Waals surface area contributed by atoms with Crippen LogP contribution in [0.1, 0.15) is 30.5 Å². The predicted molar refractivity (Wildman–Crippen MR) is 95.7 cm³/mol. The van der Waals surface area contributed by atoms with Crippen molar-refractivity contribution in [2.24, 2.45) is 0 Å². The van der Waals surface area contributed by atoms with E-state index in [0.717, 1.165) is 25.1 Å². The Morgan fingerprint density at radius 2 is 2.04 bits per heavy atom. The zero-order chi connectivity index (χ0) is 16.3. The summed E-state index contributed by atoms with van der Waals surface area (Å²) in [6, 6.07) is 10.7. The van der Waals surface area contributed by atoms with Crippen LogP contribution < -0.4 is 5.32 Å². The molecule has 0 bridgehead atoms. The molecule has 1 aliphatic heterocycles. The van der Waals surface area contributed by atoms with Gasteiger partial charge in [-0.3, -0.25) is 9.69 Å². The third kappa shape index (κ3) is 4.01. The van der Waals surface area contributed by atoms with Crippen molar-refractivity contribution in [3.63, 3.8) is 0 Å². The van der Waals surface area contributed by atoms with Crippen LogP contribution in [0.2, 0.25) is 0 Å². The zero-order valence-electron chi connectivity index (χ0n) is 13.8. The maximum atomic E-state index is 12.1. The fourth-order valence-corrected chi connectivity index (χ4v) is 3.75. The van der Waals surface area contributed by atoms with Crippen molar-refractivity contribution in [3.8, 4) is 0 Å². The van der Waals surface area contributed by atoms with Crippen molar-refractivity contribution in [3.05, 3.63) is 57.8 Å². The van der Waals surface area contributed by atoms with Crippen LogP contribution in [0.25, 0.3) is 0 Å². The van der Waals surface area contributed by atoms with Gasteiger partial charge in [-0.15, -0.1) is 0 Å². The standard InChI is InChI=1S/C19H24N2OS/c1-19(2,14-20-18(22)11-15-8-10-23-13-15)21-9-7-16-5-3-4-6-17(16)12-21/h3-6,8,10,13H,7,9,11-12,14H2,1-2H3,(H,20,22). The molecule has 1 amide bonds. The van der Waals surface area contributed by atoms with Gasteiger partial charge in [0.2, 0.25) is 5.91 Å². The maximum Gasteiger partial charge on any atom is 0.224 e. The maximum absolute atomic E-state index is 12.1. The molecule has 0 saturated heterocycles. The number of hydrogen-bond donors (Lipinski definition) is 1. The minimum Gasteiger partial charge on any atom is -0.354 e. The Kier molecular flexibility index (Phi) is 4.83. The number of fused-ring (bicyclic) bond motifs is 1. The van der Waals surface area contributed by atoms with Crippen molar-refractivity contribution in [1.29, 1.82) is 0 Å². The van der Waals surface area contributed by atoms with Crippen LogP contribution in [0, 0.1) is 0 Å². The summed E-state index contributed by atoms with van der Waals surface area (Å²) in [4.78, 5) is 14.6. The molecule has 0 fully saturated rings. The first-order chi connectivity index (χ1) is 11.0. The normalized spacial score (nSPS) is 15.2. The van der Waals surface area contributed by atoms with Gasteiger partial charge < -0.3 is 5.32 Å². The third-order valence-corrected chi connectivity index (χ3v) is 5.38. The number of nitrogens with zero attached hydrogens (tertiary/aromatic N) is 1. The lowest BCUT2D eigenvalue weighted by Gasteiger charge is -2.41. The average molecular weight is 328 g/mol. The minimum atomic E-state index is -0.0438. The molecule has 0 atom stereocenters. The largest absolute Gasteiger partial charge is 0.354 e. The van der Waals surface area contributed by atoms with E-state index in [1.54, 1.807) is 11.3 Å². The van der Waals surface area contributed by atoms with Gasteiger partial charge in [-0.05, 0) is 53.8 Å². The Hall–Kier alpha value is -1.65. The molecule has 3 rings (SSSR count). The highest BCUT2D eigenvalue weighted by Crippen LogP contribution is 2.24. The van der Waals surface area contributed by atoms with Gasteiger partial charge in [0, 0.05) is 25.2 Å². The van der Waals surface area contributed by atoms with E-state index in [9.17, 15) is 4.79 Å². The first-order valence-corrected chi connectivity index (χ1v) is 9.08. The predicted octanol–water partition coefficient (Wildman–Crippen LogP) is 3.24. The molecule has 0 aliphatic carbocycles. The van der Waals surface area contributed by atoms with Crippen LogP contribution >= 0.6 is 11.3 Å². The van der Waals surface area contributed by atoms with Crippen molar-refractivity contribution < 1.29 is 4.79 Å². The molecule has 4 heteroatoms. The van der Waals surface area contributed by atoms with Gasteiger partial charge in [0.1, 0.15) is 0 Å². The lowest BCUT2D eigenvalue weighted by Crippen LogP contribution is -2.53. The van der Waals surface area contributed by atoms with Gasteiger partial charge in [0.05, 0.1) is 6.42 Å². The molecule has 1 aromatic heterocycles. The SMILES string of the molecule is CC(C)(CNC(=O)Cc1ccsc1)N1CCc2ccccc2C1. The average Bonchev–Trinajstić information content (AvgIpc) is 3.05. The molecule has 1 N–H and O–H groups in total. The second-order valence-corrected chi connectivity index (χ2v) is 7.62. The third-order valence-electron chi connectivity index (χ3n) is 4.65. The Bertz CT molecular complexity index is 664. The van der Waals surface area contributed by atoms with Crippen LogP contribution in [-0.4, -0.2) is 29.4 Å². The van der Waals surface area contributed by atoms with E-state index in [1.807, 2.05) is 16.8 Å². The van der Waals surface area contributed by atoms with Gasteiger partial charge in [-0.2, -0.15) is 11.3 Å². The highest BCUT2D eigenvalue weighted by atomic mass is 32.1. The van der Waals surface area contributed by atoms with E-state index < -0.39 is 0 Å². The molecule has 2 aromatic rings. The summed E-state index contributed by atoms with van der Waals surface area (Å²) >= 11 is 1.63. The number of amides is 1. The first-order valence-electron chi connectivity index (χ1n) is 8.14. The highest BCUT2D eigenvalue weighted by Gasteiger charge is 2.29. The Labute approximate surface area is 142 Å².